The monoisotopic (exact) mass is 459 g/mol. The zero-order valence-corrected chi connectivity index (χ0v) is 18.8. The standard InChI is InChI=1S/C29H18ClN3O/c30-24-7-4-8-25(18-24)33-28(16-13-20-9-11-21(19-31)12-10-20)32-27-17-23(14-15-26(27)29(33)34)22-5-2-1-3-6-22/h1-18H/b16-13+. The van der Waals surface area contributed by atoms with Crippen LogP contribution < -0.4 is 5.56 Å². The molecule has 0 spiro atoms. The fourth-order valence-corrected chi connectivity index (χ4v) is 4.01. The molecule has 1 aromatic heterocycles. The Hall–Kier alpha value is -4.46. The van der Waals surface area contributed by atoms with Gasteiger partial charge in [-0.25, -0.2) is 4.98 Å². The predicted octanol–water partition coefficient (Wildman–Crippen LogP) is 6.75. The normalized spacial score (nSPS) is 11.1. The van der Waals surface area contributed by atoms with Crippen molar-refractivity contribution in [3.05, 3.63) is 129 Å². The van der Waals surface area contributed by atoms with E-state index in [9.17, 15) is 4.79 Å². The quantitative estimate of drug-likeness (QED) is 0.298. The summed E-state index contributed by atoms with van der Waals surface area (Å²) in [4.78, 5) is 18.5. The summed E-state index contributed by atoms with van der Waals surface area (Å²) in [7, 11) is 0. The van der Waals surface area contributed by atoms with Gasteiger partial charge >= 0.3 is 0 Å². The van der Waals surface area contributed by atoms with Crippen LogP contribution in [0.5, 0.6) is 0 Å². The first-order valence-corrected chi connectivity index (χ1v) is 11.1. The van der Waals surface area contributed by atoms with Crippen LogP contribution in [-0.2, 0) is 0 Å². The van der Waals surface area contributed by atoms with Crippen LogP contribution in [0.4, 0.5) is 0 Å². The van der Waals surface area contributed by atoms with Crippen molar-refractivity contribution < 1.29 is 0 Å². The van der Waals surface area contributed by atoms with Gasteiger partial charge in [0.2, 0.25) is 0 Å². The molecule has 0 saturated carbocycles. The largest absolute Gasteiger partial charge is 0.268 e. The van der Waals surface area contributed by atoms with E-state index in [1.807, 2.05) is 72.8 Å². The molecule has 0 saturated heterocycles. The Kier molecular flexibility index (Phi) is 5.78. The minimum Gasteiger partial charge on any atom is -0.268 e. The molecule has 0 unspecified atom stereocenters. The van der Waals surface area contributed by atoms with Gasteiger partial charge < -0.3 is 0 Å². The Labute approximate surface area is 201 Å². The molecule has 34 heavy (non-hydrogen) atoms. The number of nitrogens with zero attached hydrogens (tertiary/aromatic N) is 3. The van der Waals surface area contributed by atoms with Gasteiger partial charge in [0.25, 0.3) is 5.56 Å². The fourth-order valence-electron chi connectivity index (χ4n) is 3.83. The van der Waals surface area contributed by atoms with E-state index in [4.69, 9.17) is 21.8 Å². The molecule has 4 aromatic carbocycles. The molecule has 0 fully saturated rings. The first-order chi connectivity index (χ1) is 16.6. The summed E-state index contributed by atoms with van der Waals surface area (Å²) in [5.74, 6) is 0.481. The smallest absolute Gasteiger partial charge is 0.266 e. The van der Waals surface area contributed by atoms with E-state index in [1.165, 1.54) is 0 Å². The van der Waals surface area contributed by atoms with Crippen molar-refractivity contribution in [2.75, 3.05) is 0 Å². The highest BCUT2D eigenvalue weighted by Gasteiger charge is 2.13. The van der Waals surface area contributed by atoms with Crippen LogP contribution in [0.3, 0.4) is 0 Å². The lowest BCUT2D eigenvalue weighted by Gasteiger charge is -2.12. The van der Waals surface area contributed by atoms with Gasteiger partial charge in [-0.1, -0.05) is 72.3 Å². The van der Waals surface area contributed by atoms with Crippen molar-refractivity contribution in [3.63, 3.8) is 0 Å². The molecule has 162 valence electrons. The first kappa shape index (κ1) is 21.4. The second-order valence-electron chi connectivity index (χ2n) is 7.76. The van der Waals surface area contributed by atoms with Gasteiger partial charge in [0.15, 0.2) is 0 Å². The van der Waals surface area contributed by atoms with Crippen molar-refractivity contribution in [2.45, 2.75) is 0 Å². The Morgan fingerprint density at radius 3 is 2.35 bits per heavy atom. The molecule has 5 rings (SSSR count). The van der Waals surface area contributed by atoms with Crippen LogP contribution in [0.2, 0.25) is 5.02 Å². The lowest BCUT2D eigenvalue weighted by Crippen LogP contribution is -2.22. The lowest BCUT2D eigenvalue weighted by atomic mass is 10.0. The number of rotatable bonds is 4. The van der Waals surface area contributed by atoms with Gasteiger partial charge in [0.1, 0.15) is 5.82 Å². The minimum atomic E-state index is -0.175. The van der Waals surface area contributed by atoms with Crippen LogP contribution in [0.25, 0.3) is 39.9 Å². The highest BCUT2D eigenvalue weighted by atomic mass is 35.5. The SMILES string of the molecule is N#Cc1ccc(/C=C/c2nc3cc(-c4ccccc4)ccc3c(=O)n2-c2cccc(Cl)c2)cc1. The molecule has 0 amide bonds. The average molecular weight is 460 g/mol. The molecular formula is C29H18ClN3O. The molecule has 5 aromatic rings. The Balaban J connectivity index is 1.70. The van der Waals surface area contributed by atoms with Gasteiger partial charge in [0.05, 0.1) is 28.2 Å². The van der Waals surface area contributed by atoms with E-state index in [2.05, 4.69) is 6.07 Å². The zero-order valence-electron chi connectivity index (χ0n) is 18.0. The van der Waals surface area contributed by atoms with Crippen LogP contribution >= 0.6 is 11.6 Å². The summed E-state index contributed by atoms with van der Waals surface area (Å²) in [5.41, 5.74) is 4.60. The molecule has 0 atom stereocenters. The van der Waals surface area contributed by atoms with E-state index < -0.39 is 0 Å². The van der Waals surface area contributed by atoms with E-state index in [0.717, 1.165) is 16.7 Å². The van der Waals surface area contributed by atoms with Crippen LogP contribution in [-0.4, -0.2) is 9.55 Å². The minimum absolute atomic E-state index is 0.175. The van der Waals surface area contributed by atoms with Crippen molar-refractivity contribution in [3.8, 4) is 22.9 Å². The van der Waals surface area contributed by atoms with Gasteiger partial charge in [-0.05, 0) is 65.2 Å². The zero-order chi connectivity index (χ0) is 23.5. The molecule has 5 heteroatoms. The molecular weight excluding hydrogens is 442 g/mol. The number of aromatic nitrogens is 2. The third-order valence-corrected chi connectivity index (χ3v) is 5.77. The lowest BCUT2D eigenvalue weighted by molar-refractivity contribution is 0.944. The van der Waals surface area contributed by atoms with Crippen molar-refractivity contribution >= 4 is 34.7 Å². The number of benzene rings is 4. The topological polar surface area (TPSA) is 58.7 Å². The number of hydrogen-bond acceptors (Lipinski definition) is 3. The third kappa shape index (κ3) is 4.25. The second-order valence-corrected chi connectivity index (χ2v) is 8.19. The maximum atomic E-state index is 13.6. The summed E-state index contributed by atoms with van der Waals surface area (Å²) >= 11 is 6.23. The second kappa shape index (κ2) is 9.19. The van der Waals surface area contributed by atoms with E-state index in [1.54, 1.807) is 41.0 Å². The van der Waals surface area contributed by atoms with Crippen LogP contribution in [0.15, 0.2) is 102 Å². The summed E-state index contributed by atoms with van der Waals surface area (Å²) in [6.07, 6.45) is 3.68. The Morgan fingerprint density at radius 1 is 0.824 bits per heavy atom. The number of nitriles is 1. The summed E-state index contributed by atoms with van der Waals surface area (Å²) < 4.78 is 1.57. The summed E-state index contributed by atoms with van der Waals surface area (Å²) in [5, 5.41) is 10.1. The van der Waals surface area contributed by atoms with Crippen molar-refractivity contribution in [1.82, 2.24) is 9.55 Å². The highest BCUT2D eigenvalue weighted by Crippen LogP contribution is 2.24. The molecule has 0 bridgehead atoms. The summed E-state index contributed by atoms with van der Waals surface area (Å²) in [6.45, 7) is 0. The van der Waals surface area contributed by atoms with E-state index in [-0.39, 0.29) is 5.56 Å². The maximum Gasteiger partial charge on any atom is 0.266 e. The molecule has 0 aliphatic rings. The first-order valence-electron chi connectivity index (χ1n) is 10.7. The number of halogens is 1. The molecule has 4 nitrogen and oxygen atoms in total. The number of fused-ring (bicyclic) bond motifs is 1. The van der Waals surface area contributed by atoms with Gasteiger partial charge in [-0.3, -0.25) is 9.36 Å². The fraction of sp³-hybridized carbons (Fsp3) is 0. The average Bonchev–Trinajstić information content (AvgIpc) is 2.88. The summed E-state index contributed by atoms with van der Waals surface area (Å²) in [6, 6.07) is 32.2. The molecule has 0 aliphatic carbocycles. The van der Waals surface area contributed by atoms with Crippen LogP contribution in [0.1, 0.15) is 17.0 Å². The number of hydrogen-bond donors (Lipinski definition) is 0. The Morgan fingerprint density at radius 2 is 1.62 bits per heavy atom. The van der Waals surface area contributed by atoms with Crippen LogP contribution in [0, 0.1) is 11.3 Å². The molecule has 1 heterocycles. The molecule has 0 radical (unpaired) electrons. The van der Waals surface area contributed by atoms with Crippen molar-refractivity contribution in [2.24, 2.45) is 0 Å². The van der Waals surface area contributed by atoms with Crippen molar-refractivity contribution in [1.29, 1.82) is 5.26 Å². The molecule has 0 aliphatic heterocycles. The molecule has 0 N–H and O–H groups in total. The highest BCUT2D eigenvalue weighted by molar-refractivity contribution is 6.30. The maximum absolute atomic E-state index is 13.6. The van der Waals surface area contributed by atoms with Gasteiger partial charge in [0, 0.05) is 5.02 Å². The van der Waals surface area contributed by atoms with Gasteiger partial charge in [-0.2, -0.15) is 5.26 Å². The van der Waals surface area contributed by atoms with E-state index >= 15 is 0 Å². The predicted molar refractivity (Wildman–Crippen MR) is 138 cm³/mol. The Bertz CT molecular complexity index is 1630. The van der Waals surface area contributed by atoms with E-state index in [0.29, 0.717) is 33.0 Å². The van der Waals surface area contributed by atoms with Gasteiger partial charge in [-0.15, -0.1) is 0 Å². The third-order valence-electron chi connectivity index (χ3n) is 5.53.